The summed E-state index contributed by atoms with van der Waals surface area (Å²) in [6, 6.07) is 14.5. The first-order valence-corrected chi connectivity index (χ1v) is 5.59. The zero-order chi connectivity index (χ0) is 11.6. The number of benzene rings is 1. The molecule has 0 saturated carbocycles. The fourth-order valence-corrected chi connectivity index (χ4v) is 1.62. The van der Waals surface area contributed by atoms with E-state index in [0.29, 0.717) is 0 Å². The molecule has 2 rings (SSSR count). The molecule has 16 heavy (non-hydrogen) atoms. The van der Waals surface area contributed by atoms with E-state index in [1.807, 2.05) is 24.4 Å². The smallest absolute Gasteiger partial charge is 0.0702 e. The molecule has 0 N–H and O–H groups in total. The fourth-order valence-electron chi connectivity index (χ4n) is 1.62. The van der Waals surface area contributed by atoms with E-state index < -0.39 is 0 Å². The summed E-state index contributed by atoms with van der Waals surface area (Å²) in [6.07, 6.45) is 1.97. The molecule has 0 spiro atoms. The van der Waals surface area contributed by atoms with Gasteiger partial charge in [-0.15, -0.1) is 0 Å². The second-order valence-electron chi connectivity index (χ2n) is 5.05. The van der Waals surface area contributed by atoms with Crippen LogP contribution in [0.4, 0.5) is 0 Å². The van der Waals surface area contributed by atoms with E-state index in [1.165, 1.54) is 11.1 Å². The SMILES string of the molecule is CC(C)(C)c1ccc(-c2ccccc2)nc1. The minimum Gasteiger partial charge on any atom is -0.256 e. The van der Waals surface area contributed by atoms with Gasteiger partial charge >= 0.3 is 0 Å². The summed E-state index contributed by atoms with van der Waals surface area (Å²) in [5, 5.41) is 0. The summed E-state index contributed by atoms with van der Waals surface area (Å²) in [5.74, 6) is 0. The molecular formula is C15H17N. The van der Waals surface area contributed by atoms with Gasteiger partial charge in [0.2, 0.25) is 0 Å². The van der Waals surface area contributed by atoms with Crippen molar-refractivity contribution >= 4 is 0 Å². The average molecular weight is 211 g/mol. The third-order valence-electron chi connectivity index (χ3n) is 2.70. The van der Waals surface area contributed by atoms with Gasteiger partial charge in [0.05, 0.1) is 5.69 Å². The molecule has 1 aromatic carbocycles. The van der Waals surface area contributed by atoms with Gasteiger partial charge in [0.1, 0.15) is 0 Å². The predicted octanol–water partition coefficient (Wildman–Crippen LogP) is 4.05. The van der Waals surface area contributed by atoms with Crippen LogP contribution in [0.15, 0.2) is 48.7 Å². The minimum absolute atomic E-state index is 0.169. The molecule has 1 heteroatoms. The van der Waals surface area contributed by atoms with Crippen molar-refractivity contribution in [3.05, 3.63) is 54.2 Å². The Morgan fingerprint density at radius 1 is 0.875 bits per heavy atom. The van der Waals surface area contributed by atoms with Crippen LogP contribution in [0.25, 0.3) is 11.3 Å². The van der Waals surface area contributed by atoms with Crippen molar-refractivity contribution in [2.24, 2.45) is 0 Å². The number of nitrogens with zero attached hydrogens (tertiary/aromatic N) is 1. The van der Waals surface area contributed by atoms with Crippen LogP contribution in [-0.2, 0) is 5.41 Å². The number of hydrogen-bond acceptors (Lipinski definition) is 1. The van der Waals surface area contributed by atoms with E-state index in [-0.39, 0.29) is 5.41 Å². The van der Waals surface area contributed by atoms with Gasteiger partial charge in [-0.2, -0.15) is 0 Å². The van der Waals surface area contributed by atoms with E-state index >= 15 is 0 Å². The van der Waals surface area contributed by atoms with E-state index in [2.05, 4.69) is 50.0 Å². The predicted molar refractivity (Wildman–Crippen MR) is 68.4 cm³/mol. The quantitative estimate of drug-likeness (QED) is 0.693. The first kappa shape index (κ1) is 10.9. The Morgan fingerprint density at radius 2 is 1.56 bits per heavy atom. The molecule has 2 aromatic rings. The number of rotatable bonds is 1. The summed E-state index contributed by atoms with van der Waals surface area (Å²) in [4.78, 5) is 4.52. The van der Waals surface area contributed by atoms with Gasteiger partial charge in [-0.3, -0.25) is 4.98 Å². The van der Waals surface area contributed by atoms with Gasteiger partial charge in [0, 0.05) is 11.8 Å². The normalized spacial score (nSPS) is 11.4. The largest absolute Gasteiger partial charge is 0.256 e. The summed E-state index contributed by atoms with van der Waals surface area (Å²) in [7, 11) is 0. The van der Waals surface area contributed by atoms with Crippen LogP contribution in [0.2, 0.25) is 0 Å². The molecule has 0 amide bonds. The third-order valence-corrected chi connectivity index (χ3v) is 2.70. The third kappa shape index (κ3) is 2.30. The molecule has 1 nitrogen and oxygen atoms in total. The highest BCUT2D eigenvalue weighted by Crippen LogP contribution is 2.23. The molecule has 0 saturated heterocycles. The van der Waals surface area contributed by atoms with Crippen LogP contribution in [0.3, 0.4) is 0 Å². The molecule has 0 fully saturated rings. The molecular weight excluding hydrogens is 194 g/mol. The Balaban J connectivity index is 2.34. The van der Waals surface area contributed by atoms with Crippen molar-refractivity contribution in [1.29, 1.82) is 0 Å². The summed E-state index contributed by atoms with van der Waals surface area (Å²) < 4.78 is 0. The Labute approximate surface area is 97.2 Å². The van der Waals surface area contributed by atoms with Crippen LogP contribution >= 0.6 is 0 Å². The Kier molecular flexibility index (Phi) is 2.78. The lowest BCUT2D eigenvalue weighted by molar-refractivity contribution is 0.587. The van der Waals surface area contributed by atoms with Gasteiger partial charge < -0.3 is 0 Å². The number of pyridine rings is 1. The summed E-state index contributed by atoms with van der Waals surface area (Å²) in [5.41, 5.74) is 3.64. The molecule has 0 bridgehead atoms. The van der Waals surface area contributed by atoms with E-state index in [9.17, 15) is 0 Å². The number of aromatic nitrogens is 1. The van der Waals surface area contributed by atoms with Crippen LogP contribution in [0.1, 0.15) is 26.3 Å². The molecule has 0 radical (unpaired) electrons. The highest BCUT2D eigenvalue weighted by molar-refractivity contribution is 5.58. The van der Waals surface area contributed by atoms with Crippen molar-refractivity contribution in [2.75, 3.05) is 0 Å². The Bertz CT molecular complexity index is 449. The average Bonchev–Trinajstić information content (AvgIpc) is 2.29. The summed E-state index contributed by atoms with van der Waals surface area (Å²) >= 11 is 0. The first-order chi connectivity index (χ1) is 7.57. The van der Waals surface area contributed by atoms with Crippen LogP contribution in [-0.4, -0.2) is 4.98 Å². The van der Waals surface area contributed by atoms with Gasteiger partial charge in [-0.05, 0) is 17.0 Å². The second-order valence-corrected chi connectivity index (χ2v) is 5.05. The van der Waals surface area contributed by atoms with Crippen LogP contribution < -0.4 is 0 Å². The maximum Gasteiger partial charge on any atom is 0.0702 e. The van der Waals surface area contributed by atoms with E-state index in [0.717, 1.165) is 5.69 Å². The highest BCUT2D eigenvalue weighted by atomic mass is 14.7. The molecule has 1 aromatic heterocycles. The van der Waals surface area contributed by atoms with E-state index in [4.69, 9.17) is 0 Å². The van der Waals surface area contributed by atoms with Crippen molar-refractivity contribution in [1.82, 2.24) is 4.98 Å². The lowest BCUT2D eigenvalue weighted by atomic mass is 9.88. The molecule has 0 aliphatic carbocycles. The minimum atomic E-state index is 0.169. The first-order valence-electron chi connectivity index (χ1n) is 5.59. The van der Waals surface area contributed by atoms with Crippen LogP contribution in [0, 0.1) is 0 Å². The summed E-state index contributed by atoms with van der Waals surface area (Å²) in [6.45, 7) is 6.60. The molecule has 0 atom stereocenters. The van der Waals surface area contributed by atoms with Gasteiger partial charge in [-0.1, -0.05) is 57.2 Å². The van der Waals surface area contributed by atoms with E-state index in [1.54, 1.807) is 0 Å². The second kappa shape index (κ2) is 4.09. The van der Waals surface area contributed by atoms with Crippen molar-refractivity contribution < 1.29 is 0 Å². The maximum absolute atomic E-state index is 4.52. The lowest BCUT2D eigenvalue weighted by Gasteiger charge is -2.18. The van der Waals surface area contributed by atoms with Gasteiger partial charge in [-0.25, -0.2) is 0 Å². The van der Waals surface area contributed by atoms with Crippen molar-refractivity contribution in [3.63, 3.8) is 0 Å². The van der Waals surface area contributed by atoms with Gasteiger partial charge in [0.25, 0.3) is 0 Å². The molecule has 0 unspecified atom stereocenters. The van der Waals surface area contributed by atoms with Gasteiger partial charge in [0.15, 0.2) is 0 Å². The zero-order valence-electron chi connectivity index (χ0n) is 10.1. The standard InChI is InChI=1S/C15H17N/c1-15(2,3)13-9-10-14(16-11-13)12-7-5-4-6-8-12/h4-11H,1-3H3. The fraction of sp³-hybridized carbons (Fsp3) is 0.267. The lowest BCUT2D eigenvalue weighted by Crippen LogP contribution is -2.11. The molecule has 82 valence electrons. The molecule has 0 aliphatic rings. The maximum atomic E-state index is 4.52. The Hall–Kier alpha value is -1.63. The topological polar surface area (TPSA) is 12.9 Å². The number of hydrogen-bond donors (Lipinski definition) is 0. The highest BCUT2D eigenvalue weighted by Gasteiger charge is 2.13. The molecule has 0 aliphatic heterocycles. The van der Waals surface area contributed by atoms with Crippen LogP contribution in [0.5, 0.6) is 0 Å². The monoisotopic (exact) mass is 211 g/mol. The Morgan fingerprint density at radius 3 is 2.06 bits per heavy atom. The molecule has 1 heterocycles. The van der Waals surface area contributed by atoms with Crippen molar-refractivity contribution in [2.45, 2.75) is 26.2 Å². The zero-order valence-corrected chi connectivity index (χ0v) is 10.1. The van der Waals surface area contributed by atoms with Crippen molar-refractivity contribution in [3.8, 4) is 11.3 Å².